The van der Waals surface area contributed by atoms with Crippen molar-refractivity contribution in [1.82, 2.24) is 0 Å². The number of esters is 2. The lowest BCUT2D eigenvalue weighted by molar-refractivity contribution is -0.138. The van der Waals surface area contributed by atoms with E-state index in [1.807, 2.05) is 12.1 Å². The van der Waals surface area contributed by atoms with Crippen molar-refractivity contribution in [2.45, 2.75) is 26.7 Å². The molecule has 0 aromatic heterocycles. The van der Waals surface area contributed by atoms with Gasteiger partial charge in [-0.05, 0) is 49.0 Å². The molecule has 6 nitrogen and oxygen atoms in total. The van der Waals surface area contributed by atoms with Gasteiger partial charge in [0.15, 0.2) is 0 Å². The minimum Gasteiger partial charge on any atom is -0.463 e. The van der Waals surface area contributed by atoms with Crippen molar-refractivity contribution in [1.29, 1.82) is 0 Å². The molecule has 0 atom stereocenters. The maximum Gasteiger partial charge on any atom is 0.331 e. The number of hydrogen-bond donors (Lipinski definition) is 0. The summed E-state index contributed by atoms with van der Waals surface area (Å²) in [6, 6.07) is 6.12. The number of carbonyl (C=O) groups excluding carboxylic acids is 2. The van der Waals surface area contributed by atoms with Gasteiger partial charge in [-0.2, -0.15) is 0 Å². The molecule has 0 radical (unpaired) electrons. The third kappa shape index (κ3) is 6.94. The zero-order valence-electron chi connectivity index (χ0n) is 16.6. The molecule has 28 heavy (non-hydrogen) atoms. The summed E-state index contributed by atoms with van der Waals surface area (Å²) in [5.41, 5.74) is 4.16. The molecule has 1 aromatic rings. The molecule has 1 aliphatic rings. The Balaban J connectivity index is 2.04. The lowest BCUT2D eigenvalue weighted by Gasteiger charge is -2.14. The van der Waals surface area contributed by atoms with Crippen molar-refractivity contribution >= 4 is 17.5 Å². The van der Waals surface area contributed by atoms with E-state index in [2.05, 4.69) is 6.07 Å². The molecule has 1 aliphatic heterocycles. The van der Waals surface area contributed by atoms with E-state index in [0.29, 0.717) is 46.1 Å². The number of carbonyl (C=O) groups is 2. The Labute approximate surface area is 166 Å². The first-order valence-electron chi connectivity index (χ1n) is 9.63. The van der Waals surface area contributed by atoms with E-state index in [0.717, 1.165) is 28.7 Å². The Kier molecular flexibility index (Phi) is 9.45. The molecule has 0 saturated heterocycles. The van der Waals surface area contributed by atoms with Crippen LogP contribution in [0, 0.1) is 0 Å². The topological polar surface area (TPSA) is 71.1 Å². The molecular formula is C22H28O6. The maximum absolute atomic E-state index is 12.0. The summed E-state index contributed by atoms with van der Waals surface area (Å²) in [7, 11) is 0. The van der Waals surface area contributed by atoms with Gasteiger partial charge in [-0.25, -0.2) is 9.59 Å². The molecule has 0 aliphatic carbocycles. The molecular weight excluding hydrogens is 360 g/mol. The van der Waals surface area contributed by atoms with Crippen LogP contribution in [0.2, 0.25) is 0 Å². The zero-order chi connectivity index (χ0) is 20.2. The van der Waals surface area contributed by atoms with Crippen molar-refractivity contribution in [3.63, 3.8) is 0 Å². The molecule has 0 unspecified atom stereocenters. The van der Waals surface area contributed by atoms with Crippen LogP contribution in [0.15, 0.2) is 36.4 Å². The fraction of sp³-hybridized carbons (Fsp3) is 0.455. The fourth-order valence-corrected chi connectivity index (χ4v) is 3.03. The molecule has 2 rings (SSSR count). The molecule has 0 spiro atoms. The van der Waals surface area contributed by atoms with Gasteiger partial charge in [-0.15, -0.1) is 0 Å². The number of benzene rings is 1. The Morgan fingerprint density at radius 2 is 1.93 bits per heavy atom. The highest BCUT2D eigenvalue weighted by Crippen LogP contribution is 2.28. The van der Waals surface area contributed by atoms with E-state index >= 15 is 0 Å². The van der Waals surface area contributed by atoms with Gasteiger partial charge >= 0.3 is 11.9 Å². The Hall–Kier alpha value is -2.44. The summed E-state index contributed by atoms with van der Waals surface area (Å²) in [6.07, 6.45) is 6.03. The van der Waals surface area contributed by atoms with E-state index in [-0.39, 0.29) is 11.9 Å². The van der Waals surface area contributed by atoms with Crippen LogP contribution in [0.1, 0.15) is 30.5 Å². The van der Waals surface area contributed by atoms with Crippen molar-refractivity contribution in [3.8, 4) is 0 Å². The summed E-state index contributed by atoms with van der Waals surface area (Å²) in [4.78, 5) is 23.2. The molecule has 1 aromatic carbocycles. The van der Waals surface area contributed by atoms with Crippen LogP contribution in [-0.2, 0) is 41.4 Å². The van der Waals surface area contributed by atoms with Crippen LogP contribution in [0.3, 0.4) is 0 Å². The maximum atomic E-state index is 12.0. The highest BCUT2D eigenvalue weighted by Gasteiger charge is 2.18. The van der Waals surface area contributed by atoms with Gasteiger partial charge in [0.2, 0.25) is 0 Å². The molecule has 0 N–H and O–H groups in total. The SMILES string of the molecule is CCOC(=O)/C=C1\COCCc2cccc(CCOC/C=C/C(=O)OCC)c21. The van der Waals surface area contributed by atoms with Crippen LogP contribution in [0.4, 0.5) is 0 Å². The average molecular weight is 388 g/mol. The van der Waals surface area contributed by atoms with Gasteiger partial charge in [0.1, 0.15) is 0 Å². The second-order valence-corrected chi connectivity index (χ2v) is 6.15. The fourth-order valence-electron chi connectivity index (χ4n) is 3.03. The lowest BCUT2D eigenvalue weighted by Crippen LogP contribution is -2.07. The summed E-state index contributed by atoms with van der Waals surface area (Å²) < 4.78 is 21.1. The molecule has 6 heteroatoms. The van der Waals surface area contributed by atoms with Gasteiger partial charge in [-0.1, -0.05) is 24.3 Å². The molecule has 0 saturated carbocycles. The van der Waals surface area contributed by atoms with Crippen molar-refractivity contribution in [3.05, 3.63) is 53.1 Å². The summed E-state index contributed by atoms with van der Waals surface area (Å²) in [5, 5.41) is 0. The van der Waals surface area contributed by atoms with Crippen molar-refractivity contribution < 1.29 is 28.5 Å². The van der Waals surface area contributed by atoms with Crippen molar-refractivity contribution in [2.24, 2.45) is 0 Å². The minimum absolute atomic E-state index is 0.336. The highest BCUT2D eigenvalue weighted by atomic mass is 16.5. The second kappa shape index (κ2) is 12.1. The summed E-state index contributed by atoms with van der Waals surface area (Å²) in [5.74, 6) is -0.725. The summed E-state index contributed by atoms with van der Waals surface area (Å²) in [6.45, 7) is 6.07. The van der Waals surface area contributed by atoms with E-state index in [1.165, 1.54) is 12.2 Å². The lowest BCUT2D eigenvalue weighted by atomic mass is 9.92. The van der Waals surface area contributed by atoms with Gasteiger partial charge in [-0.3, -0.25) is 0 Å². The van der Waals surface area contributed by atoms with Crippen LogP contribution in [-0.4, -0.2) is 51.6 Å². The molecule has 0 amide bonds. The molecule has 152 valence electrons. The van der Waals surface area contributed by atoms with Crippen LogP contribution < -0.4 is 0 Å². The Bertz CT molecular complexity index is 720. The third-order valence-electron chi connectivity index (χ3n) is 4.18. The number of fused-ring (bicyclic) bond motifs is 1. The van der Waals surface area contributed by atoms with Crippen LogP contribution in [0.5, 0.6) is 0 Å². The predicted octanol–water partition coefficient (Wildman–Crippen LogP) is 2.88. The average Bonchev–Trinajstić information content (AvgIpc) is 2.88. The van der Waals surface area contributed by atoms with E-state index in [9.17, 15) is 9.59 Å². The quantitative estimate of drug-likeness (QED) is 0.368. The van der Waals surface area contributed by atoms with Gasteiger partial charge in [0, 0.05) is 12.2 Å². The third-order valence-corrected chi connectivity index (χ3v) is 4.18. The largest absolute Gasteiger partial charge is 0.463 e. The monoisotopic (exact) mass is 388 g/mol. The molecule has 0 bridgehead atoms. The smallest absolute Gasteiger partial charge is 0.331 e. The number of ether oxygens (including phenoxy) is 4. The van der Waals surface area contributed by atoms with Gasteiger partial charge < -0.3 is 18.9 Å². The standard InChI is InChI=1S/C22H28O6/c1-3-27-20(23)9-6-12-25-13-10-17-7-5-8-18-11-14-26-16-19(22(17)18)15-21(24)28-4-2/h5-9,15H,3-4,10-14,16H2,1-2H3/b9-6+,19-15+. The first-order valence-corrected chi connectivity index (χ1v) is 9.63. The van der Waals surface area contributed by atoms with Crippen molar-refractivity contribution in [2.75, 3.05) is 39.6 Å². The Morgan fingerprint density at radius 3 is 2.71 bits per heavy atom. The zero-order valence-corrected chi connectivity index (χ0v) is 16.6. The highest BCUT2D eigenvalue weighted by molar-refractivity contribution is 5.92. The van der Waals surface area contributed by atoms with Crippen LogP contribution in [0.25, 0.3) is 5.57 Å². The summed E-state index contributed by atoms with van der Waals surface area (Å²) >= 11 is 0. The molecule has 0 fully saturated rings. The van der Waals surface area contributed by atoms with Gasteiger partial charge in [0.05, 0.1) is 39.6 Å². The van der Waals surface area contributed by atoms with Gasteiger partial charge in [0.25, 0.3) is 0 Å². The first-order chi connectivity index (χ1) is 13.7. The normalized spacial score (nSPS) is 15.3. The van der Waals surface area contributed by atoms with E-state index in [1.54, 1.807) is 19.9 Å². The minimum atomic E-state index is -0.367. The Morgan fingerprint density at radius 1 is 1.14 bits per heavy atom. The number of rotatable bonds is 9. The predicted molar refractivity (Wildman–Crippen MR) is 106 cm³/mol. The van der Waals surface area contributed by atoms with E-state index < -0.39 is 0 Å². The first kappa shape index (κ1) is 21.9. The molecule has 1 heterocycles. The number of hydrogen-bond acceptors (Lipinski definition) is 6. The van der Waals surface area contributed by atoms with Crippen LogP contribution >= 0.6 is 0 Å². The van der Waals surface area contributed by atoms with E-state index in [4.69, 9.17) is 18.9 Å². The second-order valence-electron chi connectivity index (χ2n) is 6.15.